The van der Waals surface area contributed by atoms with E-state index in [9.17, 15) is 9.59 Å². The Kier molecular flexibility index (Phi) is 5.62. The molecule has 0 aliphatic rings. The fraction of sp³-hybridized carbons (Fsp3) is 0.600. The van der Waals surface area contributed by atoms with E-state index in [-0.39, 0.29) is 12.5 Å². The molecule has 0 aromatic carbocycles. The second kappa shape index (κ2) is 7.25. The molecule has 8 nitrogen and oxygen atoms in total. The zero-order valence-electron chi connectivity index (χ0n) is 10.2. The van der Waals surface area contributed by atoms with Crippen molar-refractivity contribution in [3.63, 3.8) is 0 Å². The third-order valence-corrected chi connectivity index (χ3v) is 2.29. The Bertz CT molecular complexity index is 404. The number of carbonyl (C=O) groups is 2. The summed E-state index contributed by atoms with van der Waals surface area (Å²) in [5.41, 5.74) is 0. The first-order chi connectivity index (χ1) is 8.59. The van der Waals surface area contributed by atoms with Crippen LogP contribution < -0.4 is 10.6 Å². The minimum atomic E-state index is -0.789. The smallest absolute Gasteiger partial charge is 0.321 e. The van der Waals surface area contributed by atoms with Gasteiger partial charge in [0.2, 0.25) is 5.95 Å². The van der Waals surface area contributed by atoms with Crippen LogP contribution in [-0.2, 0) is 11.8 Å². The number of carbonyl (C=O) groups excluding carboxylic acids is 1. The molecule has 3 N–H and O–H groups in total. The van der Waals surface area contributed by atoms with Crippen molar-refractivity contribution in [3.05, 3.63) is 6.33 Å². The van der Waals surface area contributed by atoms with Gasteiger partial charge in [0.25, 0.3) is 0 Å². The molecule has 0 aliphatic carbocycles. The first kappa shape index (κ1) is 13.9. The number of anilines is 1. The van der Waals surface area contributed by atoms with Gasteiger partial charge >= 0.3 is 12.0 Å². The molecule has 2 amide bonds. The highest BCUT2D eigenvalue weighted by atomic mass is 16.4. The van der Waals surface area contributed by atoms with Crippen molar-refractivity contribution < 1.29 is 14.7 Å². The van der Waals surface area contributed by atoms with E-state index in [1.54, 1.807) is 7.05 Å². The third-order valence-electron chi connectivity index (χ3n) is 2.29. The van der Waals surface area contributed by atoms with Gasteiger partial charge in [-0.15, -0.1) is 0 Å². The quantitative estimate of drug-likeness (QED) is 0.617. The van der Waals surface area contributed by atoms with E-state index in [4.69, 9.17) is 5.11 Å². The van der Waals surface area contributed by atoms with Gasteiger partial charge in [-0.1, -0.05) is 6.42 Å². The van der Waals surface area contributed by atoms with Gasteiger partial charge in [-0.05, 0) is 12.8 Å². The van der Waals surface area contributed by atoms with Crippen molar-refractivity contribution in [2.45, 2.75) is 25.7 Å². The summed E-state index contributed by atoms with van der Waals surface area (Å²) in [6.45, 7) is 0.503. The molecule has 0 bridgehead atoms. The Morgan fingerprint density at radius 2 is 2.17 bits per heavy atom. The van der Waals surface area contributed by atoms with Crippen LogP contribution >= 0.6 is 0 Å². The highest BCUT2D eigenvalue weighted by Gasteiger charge is 2.05. The number of aryl methyl sites for hydroxylation is 1. The maximum absolute atomic E-state index is 11.4. The van der Waals surface area contributed by atoms with Crippen LogP contribution in [0.3, 0.4) is 0 Å². The zero-order chi connectivity index (χ0) is 13.4. The molecule has 0 atom stereocenters. The largest absolute Gasteiger partial charge is 0.481 e. The SMILES string of the molecule is Cn1ncnc1NC(=O)NCCCCCC(=O)O. The molecule has 8 heteroatoms. The Morgan fingerprint density at radius 1 is 1.39 bits per heavy atom. The molecule has 1 aromatic rings. The van der Waals surface area contributed by atoms with E-state index < -0.39 is 5.97 Å². The van der Waals surface area contributed by atoms with E-state index in [1.165, 1.54) is 11.0 Å². The normalized spacial score (nSPS) is 10.1. The predicted octanol–water partition coefficient (Wildman–Crippen LogP) is 0.582. The number of carboxylic acids is 1. The van der Waals surface area contributed by atoms with E-state index in [1.807, 2.05) is 0 Å². The number of hydrogen-bond acceptors (Lipinski definition) is 4. The van der Waals surface area contributed by atoms with Gasteiger partial charge in [-0.25, -0.2) is 9.48 Å². The van der Waals surface area contributed by atoms with E-state index in [0.29, 0.717) is 18.9 Å². The molecule has 0 unspecified atom stereocenters. The lowest BCUT2D eigenvalue weighted by Crippen LogP contribution is -2.30. The molecule has 1 heterocycles. The molecule has 0 spiro atoms. The fourth-order valence-corrected chi connectivity index (χ4v) is 1.34. The minimum Gasteiger partial charge on any atom is -0.481 e. The lowest BCUT2D eigenvalue weighted by molar-refractivity contribution is -0.137. The summed E-state index contributed by atoms with van der Waals surface area (Å²) in [5.74, 6) is -0.415. The monoisotopic (exact) mass is 255 g/mol. The maximum atomic E-state index is 11.4. The average Bonchev–Trinajstić information content (AvgIpc) is 2.69. The molecule has 0 aliphatic heterocycles. The molecular formula is C10H17N5O3. The van der Waals surface area contributed by atoms with E-state index in [0.717, 1.165) is 12.8 Å². The van der Waals surface area contributed by atoms with Gasteiger partial charge in [0.15, 0.2) is 0 Å². The summed E-state index contributed by atoms with van der Waals surface area (Å²) >= 11 is 0. The lowest BCUT2D eigenvalue weighted by atomic mass is 10.2. The van der Waals surface area contributed by atoms with Crippen LogP contribution in [0.2, 0.25) is 0 Å². The van der Waals surface area contributed by atoms with Crippen LogP contribution in [0.15, 0.2) is 6.33 Å². The van der Waals surface area contributed by atoms with Crippen molar-refractivity contribution >= 4 is 17.9 Å². The Hall–Kier alpha value is -2.12. The summed E-state index contributed by atoms with van der Waals surface area (Å²) < 4.78 is 1.45. The number of aromatic nitrogens is 3. The van der Waals surface area contributed by atoms with Crippen molar-refractivity contribution in [1.29, 1.82) is 0 Å². The Balaban J connectivity index is 2.07. The van der Waals surface area contributed by atoms with Gasteiger partial charge in [-0.2, -0.15) is 10.1 Å². The third kappa shape index (κ3) is 5.28. The van der Waals surface area contributed by atoms with Gasteiger partial charge in [0, 0.05) is 20.0 Å². The number of unbranched alkanes of at least 4 members (excludes halogenated alkanes) is 2. The number of nitrogens with zero attached hydrogens (tertiary/aromatic N) is 3. The summed E-state index contributed by atoms with van der Waals surface area (Å²) in [5, 5.41) is 17.4. The highest BCUT2D eigenvalue weighted by Crippen LogP contribution is 1.99. The maximum Gasteiger partial charge on any atom is 0.321 e. The van der Waals surface area contributed by atoms with Crippen LogP contribution in [0.5, 0.6) is 0 Å². The second-order valence-electron chi connectivity index (χ2n) is 3.79. The number of carboxylic acid groups (broad SMARTS) is 1. The summed E-state index contributed by atoms with van der Waals surface area (Å²) in [6.07, 6.45) is 3.67. The Labute approximate surface area is 104 Å². The molecule has 100 valence electrons. The van der Waals surface area contributed by atoms with Gasteiger partial charge in [0.05, 0.1) is 0 Å². The number of nitrogens with one attached hydrogen (secondary N) is 2. The predicted molar refractivity (Wildman–Crippen MR) is 64.1 cm³/mol. The van der Waals surface area contributed by atoms with E-state index in [2.05, 4.69) is 20.7 Å². The van der Waals surface area contributed by atoms with Crippen molar-refractivity contribution in [2.24, 2.45) is 7.05 Å². The minimum absolute atomic E-state index is 0.172. The number of amides is 2. The van der Waals surface area contributed by atoms with Crippen LogP contribution in [0.4, 0.5) is 10.7 Å². The molecule has 1 rings (SSSR count). The number of rotatable bonds is 7. The fourth-order valence-electron chi connectivity index (χ4n) is 1.34. The van der Waals surface area contributed by atoms with E-state index >= 15 is 0 Å². The van der Waals surface area contributed by atoms with Crippen LogP contribution in [-0.4, -0.2) is 38.4 Å². The number of urea groups is 1. The number of hydrogen-bond donors (Lipinski definition) is 3. The van der Waals surface area contributed by atoms with Crippen molar-refractivity contribution in [3.8, 4) is 0 Å². The van der Waals surface area contributed by atoms with Gasteiger partial charge in [0.1, 0.15) is 6.33 Å². The molecule has 0 saturated heterocycles. The second-order valence-corrected chi connectivity index (χ2v) is 3.79. The Morgan fingerprint density at radius 3 is 2.78 bits per heavy atom. The van der Waals surface area contributed by atoms with Crippen LogP contribution in [0.1, 0.15) is 25.7 Å². The van der Waals surface area contributed by atoms with Crippen LogP contribution in [0, 0.1) is 0 Å². The molecule has 18 heavy (non-hydrogen) atoms. The zero-order valence-corrected chi connectivity index (χ0v) is 10.2. The number of aliphatic carboxylic acids is 1. The molecule has 0 radical (unpaired) electrons. The van der Waals surface area contributed by atoms with Crippen molar-refractivity contribution in [2.75, 3.05) is 11.9 Å². The summed E-state index contributed by atoms with van der Waals surface area (Å²) in [4.78, 5) is 25.5. The van der Waals surface area contributed by atoms with Crippen molar-refractivity contribution in [1.82, 2.24) is 20.1 Å². The molecular weight excluding hydrogens is 238 g/mol. The molecule has 0 saturated carbocycles. The lowest BCUT2D eigenvalue weighted by Gasteiger charge is -2.06. The molecule has 0 fully saturated rings. The van der Waals surface area contributed by atoms with Crippen LogP contribution in [0.25, 0.3) is 0 Å². The topological polar surface area (TPSA) is 109 Å². The summed E-state index contributed by atoms with van der Waals surface area (Å²) in [6, 6.07) is -0.343. The highest BCUT2D eigenvalue weighted by molar-refractivity contribution is 5.87. The molecule has 1 aromatic heterocycles. The van der Waals surface area contributed by atoms with Gasteiger partial charge in [-0.3, -0.25) is 10.1 Å². The first-order valence-corrected chi connectivity index (χ1v) is 5.70. The van der Waals surface area contributed by atoms with Gasteiger partial charge < -0.3 is 10.4 Å². The average molecular weight is 255 g/mol. The first-order valence-electron chi connectivity index (χ1n) is 5.70. The standard InChI is InChI=1S/C10H17N5O3/c1-15-9(12-7-13-15)14-10(18)11-6-4-2-3-5-8(16)17/h7H,2-6H2,1H3,(H,16,17)(H2,11,12,13,14,18). The summed E-state index contributed by atoms with van der Waals surface area (Å²) in [7, 11) is 1.68.